The van der Waals surface area contributed by atoms with Crippen molar-refractivity contribution in [2.45, 2.75) is 47.6 Å². The molecule has 0 aliphatic rings. The predicted octanol–water partition coefficient (Wildman–Crippen LogP) is 1.98. The number of hydrogen-bond donors (Lipinski definition) is 1. The molecule has 1 N–H and O–H groups in total. The molecule has 0 saturated heterocycles. The van der Waals surface area contributed by atoms with Gasteiger partial charge in [0.25, 0.3) is 0 Å². The summed E-state index contributed by atoms with van der Waals surface area (Å²) in [4.78, 5) is 11.4. The zero-order valence-corrected chi connectivity index (χ0v) is 10.0. The van der Waals surface area contributed by atoms with E-state index in [2.05, 4.69) is 0 Å². The minimum atomic E-state index is -1.05. The number of carbonyl (C=O) groups is 1. The highest BCUT2D eigenvalue weighted by molar-refractivity contribution is 5.75. The van der Waals surface area contributed by atoms with Gasteiger partial charge in [-0.3, -0.25) is 0 Å². The van der Waals surface area contributed by atoms with E-state index in [-0.39, 0.29) is 5.41 Å². The number of aliphatic hydroxyl groups is 1. The highest BCUT2D eigenvalue weighted by atomic mass is 16.5. The number of carbonyl (C=O) groups excluding carboxylic acids is 1. The Bertz CT molecular complexity index is 196. The molecule has 0 fully saturated rings. The third-order valence-corrected chi connectivity index (χ3v) is 1.69. The Morgan fingerprint density at radius 3 is 1.93 bits per heavy atom. The average molecular weight is 202 g/mol. The van der Waals surface area contributed by atoms with Crippen molar-refractivity contribution in [3.05, 3.63) is 0 Å². The molecule has 0 aromatic carbocycles. The van der Waals surface area contributed by atoms with Crippen LogP contribution < -0.4 is 0 Å². The summed E-state index contributed by atoms with van der Waals surface area (Å²) in [6.45, 7) is 11.7. The molecule has 0 heterocycles. The highest BCUT2D eigenvalue weighted by Gasteiger charge is 2.31. The van der Waals surface area contributed by atoms with E-state index >= 15 is 0 Å². The maximum Gasteiger partial charge on any atom is 0.335 e. The number of rotatable bonds is 2. The lowest BCUT2D eigenvalue weighted by Crippen LogP contribution is -2.37. The number of aliphatic hydroxyl groups excluding tert-OH is 1. The normalized spacial score (nSPS) is 15.1. The standard InChI is InChI=1S/C11H22O3/c1-10(2,3)7-14-9(13)8(12)11(4,5)6/h8,12H,7H2,1-6H3. The Morgan fingerprint density at radius 1 is 1.21 bits per heavy atom. The zero-order valence-electron chi connectivity index (χ0n) is 10.0. The lowest BCUT2D eigenvalue weighted by atomic mass is 9.89. The van der Waals surface area contributed by atoms with Gasteiger partial charge in [-0.1, -0.05) is 41.5 Å². The molecule has 3 heteroatoms. The summed E-state index contributed by atoms with van der Waals surface area (Å²) in [5.74, 6) is -0.535. The van der Waals surface area contributed by atoms with E-state index in [9.17, 15) is 9.90 Å². The molecule has 0 bridgehead atoms. The van der Waals surface area contributed by atoms with Crippen molar-refractivity contribution in [3.63, 3.8) is 0 Å². The molecule has 0 spiro atoms. The summed E-state index contributed by atoms with van der Waals surface area (Å²) in [6, 6.07) is 0. The third kappa shape index (κ3) is 5.22. The summed E-state index contributed by atoms with van der Waals surface area (Å²) in [5, 5.41) is 9.58. The van der Waals surface area contributed by atoms with Gasteiger partial charge in [0.15, 0.2) is 6.10 Å². The fourth-order valence-corrected chi connectivity index (χ4v) is 0.720. The van der Waals surface area contributed by atoms with Crippen LogP contribution >= 0.6 is 0 Å². The Hall–Kier alpha value is -0.570. The van der Waals surface area contributed by atoms with Crippen molar-refractivity contribution < 1.29 is 14.6 Å². The number of hydrogen-bond acceptors (Lipinski definition) is 3. The van der Waals surface area contributed by atoms with E-state index in [1.165, 1.54) is 0 Å². The largest absolute Gasteiger partial charge is 0.463 e. The van der Waals surface area contributed by atoms with Crippen molar-refractivity contribution in [2.75, 3.05) is 6.61 Å². The van der Waals surface area contributed by atoms with E-state index in [1.54, 1.807) is 20.8 Å². The van der Waals surface area contributed by atoms with Gasteiger partial charge in [-0.05, 0) is 10.8 Å². The van der Waals surface area contributed by atoms with Crippen LogP contribution in [0.3, 0.4) is 0 Å². The van der Waals surface area contributed by atoms with Crippen LogP contribution in [0.25, 0.3) is 0 Å². The van der Waals surface area contributed by atoms with Crippen molar-refractivity contribution in [1.82, 2.24) is 0 Å². The topological polar surface area (TPSA) is 46.5 Å². The molecule has 0 aliphatic carbocycles. The first-order chi connectivity index (χ1) is 6.04. The molecule has 0 aromatic heterocycles. The molecule has 84 valence electrons. The van der Waals surface area contributed by atoms with Crippen LogP contribution in [0.15, 0.2) is 0 Å². The summed E-state index contributed by atoms with van der Waals surface area (Å²) < 4.78 is 5.01. The zero-order chi connectivity index (χ0) is 11.6. The second-order valence-electron chi connectivity index (χ2n) is 5.94. The van der Waals surface area contributed by atoms with Crippen molar-refractivity contribution in [1.29, 1.82) is 0 Å². The third-order valence-electron chi connectivity index (χ3n) is 1.69. The summed E-state index contributed by atoms with van der Waals surface area (Å²) in [6.07, 6.45) is -1.05. The van der Waals surface area contributed by atoms with Crippen LogP contribution in [0.5, 0.6) is 0 Å². The van der Waals surface area contributed by atoms with E-state index in [0.29, 0.717) is 6.61 Å². The van der Waals surface area contributed by atoms with Gasteiger partial charge in [0, 0.05) is 0 Å². The van der Waals surface area contributed by atoms with Crippen LogP contribution in [0.4, 0.5) is 0 Å². The molecule has 0 aromatic rings. The summed E-state index contributed by atoms with van der Waals surface area (Å²) >= 11 is 0. The quantitative estimate of drug-likeness (QED) is 0.696. The highest BCUT2D eigenvalue weighted by Crippen LogP contribution is 2.21. The average Bonchev–Trinajstić information content (AvgIpc) is 1.95. The van der Waals surface area contributed by atoms with E-state index in [0.717, 1.165) is 0 Å². The van der Waals surface area contributed by atoms with Crippen LogP contribution in [-0.2, 0) is 9.53 Å². The molecule has 3 nitrogen and oxygen atoms in total. The molecule has 0 rings (SSSR count). The Morgan fingerprint density at radius 2 is 1.64 bits per heavy atom. The second kappa shape index (κ2) is 4.30. The number of ether oxygens (including phenoxy) is 1. The summed E-state index contributed by atoms with van der Waals surface area (Å²) in [5.41, 5.74) is -0.526. The molecule has 0 radical (unpaired) electrons. The van der Waals surface area contributed by atoms with Gasteiger partial charge in [0.05, 0.1) is 6.61 Å². The monoisotopic (exact) mass is 202 g/mol. The minimum Gasteiger partial charge on any atom is -0.463 e. The Labute approximate surface area is 86.5 Å². The SMILES string of the molecule is CC(C)(C)COC(=O)C(O)C(C)(C)C. The van der Waals surface area contributed by atoms with Crippen molar-refractivity contribution >= 4 is 5.97 Å². The van der Waals surface area contributed by atoms with Crippen molar-refractivity contribution in [2.24, 2.45) is 10.8 Å². The fraction of sp³-hybridized carbons (Fsp3) is 0.909. The smallest absolute Gasteiger partial charge is 0.335 e. The molecule has 1 atom stereocenters. The Balaban J connectivity index is 4.11. The van der Waals surface area contributed by atoms with Crippen LogP contribution in [0.2, 0.25) is 0 Å². The number of esters is 1. The first-order valence-electron chi connectivity index (χ1n) is 4.89. The fourth-order valence-electron chi connectivity index (χ4n) is 0.720. The van der Waals surface area contributed by atoms with Crippen LogP contribution in [-0.4, -0.2) is 23.8 Å². The maximum absolute atomic E-state index is 11.4. The van der Waals surface area contributed by atoms with E-state index < -0.39 is 17.5 Å². The van der Waals surface area contributed by atoms with Gasteiger partial charge in [-0.25, -0.2) is 4.79 Å². The molecule has 0 amide bonds. The lowest BCUT2D eigenvalue weighted by Gasteiger charge is -2.26. The predicted molar refractivity (Wildman–Crippen MR) is 55.9 cm³/mol. The van der Waals surface area contributed by atoms with E-state index in [4.69, 9.17) is 4.74 Å². The molecule has 1 unspecified atom stereocenters. The molecule has 0 saturated carbocycles. The van der Waals surface area contributed by atoms with Gasteiger partial charge in [0.2, 0.25) is 0 Å². The first kappa shape index (κ1) is 13.4. The molecular weight excluding hydrogens is 180 g/mol. The molecular formula is C11H22O3. The second-order valence-corrected chi connectivity index (χ2v) is 5.94. The van der Waals surface area contributed by atoms with Gasteiger partial charge in [-0.15, -0.1) is 0 Å². The minimum absolute atomic E-state index is 0.0622. The Kier molecular flexibility index (Phi) is 4.13. The van der Waals surface area contributed by atoms with Crippen molar-refractivity contribution in [3.8, 4) is 0 Å². The van der Waals surface area contributed by atoms with Gasteiger partial charge in [0.1, 0.15) is 0 Å². The van der Waals surface area contributed by atoms with Gasteiger partial charge >= 0.3 is 5.97 Å². The summed E-state index contributed by atoms with van der Waals surface area (Å²) in [7, 11) is 0. The van der Waals surface area contributed by atoms with Crippen LogP contribution in [0.1, 0.15) is 41.5 Å². The lowest BCUT2D eigenvalue weighted by molar-refractivity contribution is -0.162. The molecule has 0 aliphatic heterocycles. The van der Waals surface area contributed by atoms with Crippen LogP contribution in [0, 0.1) is 10.8 Å². The molecule has 14 heavy (non-hydrogen) atoms. The maximum atomic E-state index is 11.4. The van der Waals surface area contributed by atoms with Gasteiger partial charge < -0.3 is 9.84 Å². The first-order valence-corrected chi connectivity index (χ1v) is 4.89. The van der Waals surface area contributed by atoms with E-state index in [1.807, 2.05) is 20.8 Å². The van der Waals surface area contributed by atoms with Gasteiger partial charge in [-0.2, -0.15) is 0 Å².